The van der Waals surface area contributed by atoms with Gasteiger partial charge in [-0.15, -0.1) is 0 Å². The van der Waals surface area contributed by atoms with E-state index in [4.69, 9.17) is 4.74 Å². The molecule has 3 fully saturated rings. The topological polar surface area (TPSA) is 63.3 Å². The third-order valence-electron chi connectivity index (χ3n) is 7.39. The third-order valence-corrected chi connectivity index (χ3v) is 7.39. The van der Waals surface area contributed by atoms with E-state index in [1.54, 1.807) is 10.7 Å². The van der Waals surface area contributed by atoms with Gasteiger partial charge in [-0.05, 0) is 58.1 Å². The molecule has 2 aromatic rings. The lowest BCUT2D eigenvalue weighted by Gasteiger charge is -2.44. The average molecular weight is 438 g/mol. The van der Waals surface area contributed by atoms with Crippen molar-refractivity contribution in [2.75, 3.05) is 70.9 Å². The fourth-order valence-corrected chi connectivity index (χ4v) is 5.64. The summed E-state index contributed by atoms with van der Waals surface area (Å²) in [6.07, 6.45) is 4.67. The van der Waals surface area contributed by atoms with Crippen LogP contribution in [0.25, 0.3) is 5.52 Å². The van der Waals surface area contributed by atoms with Crippen molar-refractivity contribution in [3.05, 3.63) is 30.1 Å². The summed E-state index contributed by atoms with van der Waals surface area (Å²) in [5.41, 5.74) is 2.69. The number of ether oxygens (including phenoxy) is 1. The van der Waals surface area contributed by atoms with Crippen LogP contribution in [0.1, 0.15) is 25.5 Å². The lowest BCUT2D eigenvalue weighted by molar-refractivity contribution is -0.0385. The molecule has 0 amide bonds. The number of pyridine rings is 1. The Morgan fingerprint density at radius 2 is 1.84 bits per heavy atom. The lowest BCUT2D eigenvalue weighted by atomic mass is 10.0. The van der Waals surface area contributed by atoms with E-state index >= 15 is 0 Å². The van der Waals surface area contributed by atoms with Gasteiger partial charge < -0.3 is 19.4 Å². The number of anilines is 1. The average Bonchev–Trinajstić information content (AvgIpc) is 3.29. The van der Waals surface area contributed by atoms with Crippen molar-refractivity contribution in [3.63, 3.8) is 0 Å². The highest BCUT2D eigenvalue weighted by molar-refractivity contribution is 5.74. The van der Waals surface area contributed by atoms with E-state index in [2.05, 4.69) is 50.8 Å². The summed E-state index contributed by atoms with van der Waals surface area (Å²) in [6, 6.07) is 8.90. The number of likely N-dealkylation sites (tertiary alicyclic amines) is 1. The van der Waals surface area contributed by atoms with E-state index in [9.17, 15) is 5.26 Å². The molecule has 0 aromatic carbocycles. The molecule has 172 valence electrons. The van der Waals surface area contributed by atoms with Crippen LogP contribution in [0.5, 0.6) is 0 Å². The number of likely N-dealkylation sites (N-methyl/N-ethyl adjacent to an activating group) is 1. The Kier molecular flexibility index (Phi) is 6.33. The van der Waals surface area contributed by atoms with Crippen molar-refractivity contribution in [3.8, 4) is 6.07 Å². The van der Waals surface area contributed by atoms with Crippen molar-refractivity contribution in [2.24, 2.45) is 0 Å². The Morgan fingerprint density at radius 1 is 1.06 bits per heavy atom. The molecule has 5 rings (SSSR count). The number of nitriles is 1. The molecule has 0 aliphatic carbocycles. The zero-order valence-corrected chi connectivity index (χ0v) is 19.4. The van der Waals surface area contributed by atoms with Gasteiger partial charge in [-0.1, -0.05) is 0 Å². The number of rotatable bonds is 4. The van der Waals surface area contributed by atoms with E-state index < -0.39 is 0 Å². The molecule has 0 unspecified atom stereocenters. The number of piperazine rings is 1. The number of aromatic nitrogens is 2. The molecule has 3 saturated heterocycles. The normalized spacial score (nSPS) is 27.1. The van der Waals surface area contributed by atoms with Gasteiger partial charge >= 0.3 is 0 Å². The molecular formula is C24H35N7O. The molecule has 8 heteroatoms. The van der Waals surface area contributed by atoms with Gasteiger partial charge in [-0.25, -0.2) is 4.52 Å². The van der Waals surface area contributed by atoms with Crippen LogP contribution in [0.3, 0.4) is 0 Å². The first-order valence-corrected chi connectivity index (χ1v) is 12.0. The van der Waals surface area contributed by atoms with E-state index in [0.717, 1.165) is 50.0 Å². The maximum atomic E-state index is 9.38. The summed E-state index contributed by atoms with van der Waals surface area (Å²) in [6.45, 7) is 12.0. The predicted octanol–water partition coefficient (Wildman–Crippen LogP) is 1.51. The van der Waals surface area contributed by atoms with Crippen LogP contribution in [-0.2, 0) is 4.74 Å². The zero-order chi connectivity index (χ0) is 22.1. The highest BCUT2D eigenvalue weighted by Crippen LogP contribution is 2.27. The number of piperidine rings is 1. The van der Waals surface area contributed by atoms with Crippen molar-refractivity contribution in [1.29, 1.82) is 5.26 Å². The summed E-state index contributed by atoms with van der Waals surface area (Å²) in [7, 11) is 2.23. The van der Waals surface area contributed by atoms with Gasteiger partial charge in [0.1, 0.15) is 11.8 Å². The first-order chi connectivity index (χ1) is 15.6. The number of morpholine rings is 1. The minimum absolute atomic E-state index is 0.176. The fourth-order valence-electron chi connectivity index (χ4n) is 5.64. The summed E-state index contributed by atoms with van der Waals surface area (Å²) in [5.74, 6) is 0. The van der Waals surface area contributed by atoms with Gasteiger partial charge in [0, 0.05) is 51.9 Å². The van der Waals surface area contributed by atoms with Gasteiger partial charge in [0.15, 0.2) is 0 Å². The minimum Gasteiger partial charge on any atom is -0.370 e. The van der Waals surface area contributed by atoms with Crippen LogP contribution in [0.4, 0.5) is 5.69 Å². The second-order valence-electron chi connectivity index (χ2n) is 9.69. The molecule has 0 spiro atoms. The van der Waals surface area contributed by atoms with Gasteiger partial charge in [0.05, 0.1) is 29.6 Å². The summed E-state index contributed by atoms with van der Waals surface area (Å²) < 4.78 is 8.10. The summed E-state index contributed by atoms with van der Waals surface area (Å²) >= 11 is 0. The van der Waals surface area contributed by atoms with E-state index in [1.165, 1.54) is 39.0 Å². The number of hydrogen-bond donors (Lipinski definition) is 0. The molecular weight excluding hydrogens is 402 g/mol. The molecule has 0 radical (unpaired) electrons. The Morgan fingerprint density at radius 3 is 2.59 bits per heavy atom. The van der Waals surface area contributed by atoms with Crippen LogP contribution in [-0.4, -0.2) is 109 Å². The monoisotopic (exact) mass is 437 g/mol. The second kappa shape index (κ2) is 9.36. The standard InChI is InChI=1S/C24H35N7O/c1-19-16-30(23-4-3-21(15-25)31-24(23)5-8-26-31)18-22(32-19)17-28-9-6-20(7-10-28)29-13-11-27(2)12-14-29/h3-5,8,19-20,22H,6-7,9-14,16-18H2,1-2H3/t19-,22+/m1/s1. The third kappa shape index (κ3) is 4.48. The van der Waals surface area contributed by atoms with Gasteiger partial charge in [0.2, 0.25) is 0 Å². The van der Waals surface area contributed by atoms with Crippen LogP contribution >= 0.6 is 0 Å². The molecule has 0 N–H and O–H groups in total. The number of fused-ring (bicyclic) bond motifs is 1. The Balaban J connectivity index is 1.20. The predicted molar refractivity (Wildman–Crippen MR) is 125 cm³/mol. The van der Waals surface area contributed by atoms with Crippen LogP contribution < -0.4 is 4.90 Å². The van der Waals surface area contributed by atoms with Crippen molar-refractivity contribution < 1.29 is 4.74 Å². The first kappa shape index (κ1) is 21.7. The smallest absolute Gasteiger partial charge is 0.142 e. The molecule has 0 saturated carbocycles. The van der Waals surface area contributed by atoms with Gasteiger partial charge in [0.25, 0.3) is 0 Å². The highest BCUT2D eigenvalue weighted by atomic mass is 16.5. The van der Waals surface area contributed by atoms with Crippen molar-refractivity contribution in [1.82, 2.24) is 24.3 Å². The van der Waals surface area contributed by atoms with Gasteiger partial charge in [-0.2, -0.15) is 10.4 Å². The zero-order valence-electron chi connectivity index (χ0n) is 19.4. The Hall–Kier alpha value is -2.18. The summed E-state index contributed by atoms with van der Waals surface area (Å²) in [4.78, 5) is 10.2. The molecule has 0 bridgehead atoms. The van der Waals surface area contributed by atoms with Gasteiger partial charge in [-0.3, -0.25) is 4.90 Å². The van der Waals surface area contributed by atoms with Crippen LogP contribution in [0, 0.1) is 11.3 Å². The highest BCUT2D eigenvalue weighted by Gasteiger charge is 2.31. The Bertz CT molecular complexity index is 953. The van der Waals surface area contributed by atoms with Crippen molar-refractivity contribution >= 4 is 11.2 Å². The molecule has 5 heterocycles. The van der Waals surface area contributed by atoms with E-state index in [1.807, 2.05) is 12.1 Å². The van der Waals surface area contributed by atoms with E-state index in [0.29, 0.717) is 5.69 Å². The number of hydrogen-bond acceptors (Lipinski definition) is 7. The maximum Gasteiger partial charge on any atom is 0.142 e. The number of nitrogens with zero attached hydrogens (tertiary/aromatic N) is 7. The molecule has 8 nitrogen and oxygen atoms in total. The summed E-state index contributed by atoms with van der Waals surface area (Å²) in [5, 5.41) is 13.7. The largest absolute Gasteiger partial charge is 0.370 e. The molecule has 3 aliphatic heterocycles. The maximum absolute atomic E-state index is 9.38. The second-order valence-corrected chi connectivity index (χ2v) is 9.69. The van der Waals surface area contributed by atoms with Crippen LogP contribution in [0.15, 0.2) is 24.4 Å². The fraction of sp³-hybridized carbons (Fsp3) is 0.667. The van der Waals surface area contributed by atoms with E-state index in [-0.39, 0.29) is 12.2 Å². The quantitative estimate of drug-likeness (QED) is 0.719. The lowest BCUT2D eigenvalue weighted by Crippen LogP contribution is -2.55. The molecule has 2 aromatic heterocycles. The minimum atomic E-state index is 0.176. The first-order valence-electron chi connectivity index (χ1n) is 12.0. The molecule has 2 atom stereocenters. The van der Waals surface area contributed by atoms with Crippen LogP contribution in [0.2, 0.25) is 0 Å². The van der Waals surface area contributed by atoms with Crippen molar-refractivity contribution in [2.45, 2.75) is 38.0 Å². The molecule has 3 aliphatic rings. The Labute approximate surface area is 190 Å². The SMILES string of the molecule is C[C@@H]1CN(c2ccc(C#N)n3nccc23)C[C@H](CN2CCC(N3CCN(C)CC3)CC2)O1. The molecule has 32 heavy (non-hydrogen) atoms.